The SMILES string of the molecule is O=C(OCCCc1cccnc1)[C@@H]1C[C@H]1c1ccc(Cl)c(Cl)c1. The lowest BCUT2D eigenvalue weighted by Gasteiger charge is -2.05. The Morgan fingerprint density at radius 1 is 1.26 bits per heavy atom. The summed E-state index contributed by atoms with van der Waals surface area (Å²) in [6, 6.07) is 9.47. The molecule has 1 aliphatic carbocycles. The third kappa shape index (κ3) is 4.24. The van der Waals surface area contributed by atoms with Gasteiger partial charge in [-0.1, -0.05) is 35.3 Å². The van der Waals surface area contributed by atoms with Gasteiger partial charge in [0.05, 0.1) is 22.6 Å². The molecule has 1 saturated carbocycles. The van der Waals surface area contributed by atoms with E-state index in [2.05, 4.69) is 4.98 Å². The van der Waals surface area contributed by atoms with Gasteiger partial charge in [-0.2, -0.15) is 0 Å². The summed E-state index contributed by atoms with van der Waals surface area (Å²) < 4.78 is 5.37. The van der Waals surface area contributed by atoms with Crippen molar-refractivity contribution in [1.82, 2.24) is 4.98 Å². The number of pyridine rings is 1. The van der Waals surface area contributed by atoms with Crippen LogP contribution in [0.4, 0.5) is 0 Å². The first-order chi connectivity index (χ1) is 11.1. The van der Waals surface area contributed by atoms with Crippen molar-refractivity contribution in [3.63, 3.8) is 0 Å². The summed E-state index contributed by atoms with van der Waals surface area (Å²) in [6.45, 7) is 0.443. The number of carbonyl (C=O) groups is 1. The van der Waals surface area contributed by atoms with E-state index in [1.807, 2.05) is 30.5 Å². The van der Waals surface area contributed by atoms with Crippen LogP contribution in [0.2, 0.25) is 10.0 Å². The van der Waals surface area contributed by atoms with Gasteiger partial charge in [0.2, 0.25) is 0 Å². The number of rotatable bonds is 6. The largest absolute Gasteiger partial charge is 0.465 e. The lowest BCUT2D eigenvalue weighted by Crippen LogP contribution is -2.09. The van der Waals surface area contributed by atoms with E-state index < -0.39 is 0 Å². The molecule has 1 aromatic heterocycles. The minimum atomic E-state index is -0.118. The second kappa shape index (κ2) is 7.33. The summed E-state index contributed by atoms with van der Waals surface area (Å²) in [4.78, 5) is 16.1. The highest BCUT2D eigenvalue weighted by molar-refractivity contribution is 6.42. The molecule has 0 radical (unpaired) electrons. The molecule has 1 aromatic carbocycles. The van der Waals surface area contributed by atoms with Gasteiger partial charge in [0, 0.05) is 12.4 Å². The van der Waals surface area contributed by atoms with Crippen molar-refractivity contribution < 1.29 is 9.53 Å². The molecule has 0 spiro atoms. The van der Waals surface area contributed by atoms with Gasteiger partial charge in [0.15, 0.2) is 0 Å². The third-order valence-corrected chi connectivity index (χ3v) is 4.78. The minimum Gasteiger partial charge on any atom is -0.465 e. The van der Waals surface area contributed by atoms with Crippen LogP contribution >= 0.6 is 23.2 Å². The van der Waals surface area contributed by atoms with Gasteiger partial charge >= 0.3 is 5.97 Å². The number of esters is 1. The van der Waals surface area contributed by atoms with Crippen LogP contribution in [0.1, 0.15) is 29.9 Å². The zero-order valence-electron chi connectivity index (χ0n) is 12.5. The number of nitrogens with zero attached hydrogens (tertiary/aromatic N) is 1. The van der Waals surface area contributed by atoms with E-state index in [0.717, 1.165) is 30.4 Å². The molecule has 0 aliphatic heterocycles. The maximum Gasteiger partial charge on any atom is 0.309 e. The highest BCUT2D eigenvalue weighted by Gasteiger charge is 2.45. The number of benzene rings is 1. The molecule has 0 amide bonds. The van der Waals surface area contributed by atoms with Crippen molar-refractivity contribution in [3.05, 3.63) is 63.9 Å². The van der Waals surface area contributed by atoms with Crippen molar-refractivity contribution >= 4 is 29.2 Å². The number of hydrogen-bond acceptors (Lipinski definition) is 3. The molecule has 2 aromatic rings. The molecule has 1 aliphatic rings. The normalized spacial score (nSPS) is 19.4. The van der Waals surface area contributed by atoms with Crippen molar-refractivity contribution in [1.29, 1.82) is 0 Å². The molecule has 120 valence electrons. The second-order valence-corrected chi connectivity index (χ2v) is 6.57. The zero-order valence-corrected chi connectivity index (χ0v) is 14.1. The first-order valence-corrected chi connectivity index (χ1v) is 8.41. The Balaban J connectivity index is 1.42. The summed E-state index contributed by atoms with van der Waals surface area (Å²) in [5.74, 6) is 0.0356. The Morgan fingerprint density at radius 3 is 2.87 bits per heavy atom. The highest BCUT2D eigenvalue weighted by atomic mass is 35.5. The molecule has 5 heteroatoms. The molecule has 0 unspecified atom stereocenters. The first kappa shape index (κ1) is 16.3. The average molecular weight is 350 g/mol. The van der Waals surface area contributed by atoms with Crippen molar-refractivity contribution in [3.8, 4) is 0 Å². The fraction of sp³-hybridized carbons (Fsp3) is 0.333. The fourth-order valence-corrected chi connectivity index (χ4v) is 2.98. The summed E-state index contributed by atoms with van der Waals surface area (Å²) in [5.41, 5.74) is 2.21. The van der Waals surface area contributed by atoms with Crippen LogP contribution in [0, 0.1) is 5.92 Å². The van der Waals surface area contributed by atoms with E-state index in [1.165, 1.54) is 0 Å². The van der Waals surface area contributed by atoms with Crippen LogP contribution in [-0.4, -0.2) is 17.6 Å². The molecule has 3 nitrogen and oxygen atoms in total. The monoisotopic (exact) mass is 349 g/mol. The van der Waals surface area contributed by atoms with Crippen LogP contribution in [-0.2, 0) is 16.0 Å². The van der Waals surface area contributed by atoms with Crippen molar-refractivity contribution in [2.45, 2.75) is 25.2 Å². The van der Waals surface area contributed by atoms with Crippen molar-refractivity contribution in [2.24, 2.45) is 5.92 Å². The summed E-state index contributed by atoms with van der Waals surface area (Å²) >= 11 is 11.9. The van der Waals surface area contributed by atoms with Gasteiger partial charge in [0.25, 0.3) is 0 Å². The predicted octanol–water partition coefficient (Wildman–Crippen LogP) is 4.67. The molecule has 3 rings (SSSR count). The highest BCUT2D eigenvalue weighted by Crippen LogP contribution is 2.49. The molecule has 0 bridgehead atoms. The topological polar surface area (TPSA) is 39.2 Å². The molecule has 2 atom stereocenters. The van der Waals surface area contributed by atoms with Gasteiger partial charge in [0.1, 0.15) is 0 Å². The second-order valence-electron chi connectivity index (χ2n) is 5.75. The number of aromatic nitrogens is 1. The molecule has 1 fully saturated rings. The Hall–Kier alpha value is -1.58. The standard InChI is InChI=1S/C18H17Cl2NO2/c19-16-6-5-13(9-17(16)20)14-10-15(14)18(22)23-8-2-4-12-3-1-7-21-11-12/h1,3,5-7,9,11,14-15H,2,4,8,10H2/t14-,15+/m0/s1. The van der Waals surface area contributed by atoms with E-state index in [0.29, 0.717) is 16.7 Å². The Bertz CT molecular complexity index is 691. The maximum atomic E-state index is 12.1. The molecule has 1 heterocycles. The van der Waals surface area contributed by atoms with Gasteiger partial charge in [-0.05, 0) is 54.5 Å². The Morgan fingerprint density at radius 2 is 2.13 bits per heavy atom. The van der Waals surface area contributed by atoms with Crippen LogP contribution in [0.3, 0.4) is 0 Å². The number of carbonyl (C=O) groups excluding carboxylic acids is 1. The molecular weight excluding hydrogens is 333 g/mol. The van der Waals surface area contributed by atoms with Crippen LogP contribution in [0.5, 0.6) is 0 Å². The van der Waals surface area contributed by atoms with Crippen LogP contribution in [0.15, 0.2) is 42.7 Å². The fourth-order valence-electron chi connectivity index (χ4n) is 2.67. The zero-order chi connectivity index (χ0) is 16.2. The lowest BCUT2D eigenvalue weighted by molar-refractivity contribution is -0.145. The quantitative estimate of drug-likeness (QED) is 0.561. The van der Waals surface area contributed by atoms with Gasteiger partial charge in [-0.3, -0.25) is 9.78 Å². The Kier molecular flexibility index (Phi) is 5.19. The lowest BCUT2D eigenvalue weighted by atomic mass is 10.1. The van der Waals surface area contributed by atoms with E-state index in [-0.39, 0.29) is 17.8 Å². The number of hydrogen-bond donors (Lipinski definition) is 0. The number of halogens is 2. The minimum absolute atomic E-state index is 0.0503. The van der Waals surface area contributed by atoms with E-state index in [4.69, 9.17) is 27.9 Å². The van der Waals surface area contributed by atoms with Gasteiger partial charge < -0.3 is 4.74 Å². The summed E-state index contributed by atoms with van der Waals surface area (Å²) in [6.07, 6.45) is 6.08. The van der Waals surface area contributed by atoms with Gasteiger partial charge in [-0.25, -0.2) is 0 Å². The maximum absolute atomic E-state index is 12.1. The number of aryl methyl sites for hydroxylation is 1. The smallest absolute Gasteiger partial charge is 0.309 e. The summed E-state index contributed by atoms with van der Waals surface area (Å²) in [5, 5.41) is 1.06. The first-order valence-electron chi connectivity index (χ1n) is 7.65. The molecule has 0 N–H and O–H groups in total. The van der Waals surface area contributed by atoms with E-state index in [9.17, 15) is 4.79 Å². The molecule has 0 saturated heterocycles. The predicted molar refractivity (Wildman–Crippen MR) is 90.8 cm³/mol. The number of ether oxygens (including phenoxy) is 1. The third-order valence-electron chi connectivity index (χ3n) is 4.04. The van der Waals surface area contributed by atoms with Crippen LogP contribution in [0.25, 0.3) is 0 Å². The molecular formula is C18H17Cl2NO2. The van der Waals surface area contributed by atoms with Crippen LogP contribution < -0.4 is 0 Å². The Labute approximate surface area is 145 Å². The summed E-state index contributed by atoms with van der Waals surface area (Å²) in [7, 11) is 0. The van der Waals surface area contributed by atoms with Gasteiger partial charge in [-0.15, -0.1) is 0 Å². The van der Waals surface area contributed by atoms with E-state index >= 15 is 0 Å². The molecule has 23 heavy (non-hydrogen) atoms. The van der Waals surface area contributed by atoms with Crippen molar-refractivity contribution in [2.75, 3.05) is 6.61 Å². The average Bonchev–Trinajstić information content (AvgIpc) is 3.36. The van der Waals surface area contributed by atoms with E-state index in [1.54, 1.807) is 12.3 Å².